The van der Waals surface area contributed by atoms with Gasteiger partial charge in [0.25, 0.3) is 0 Å². The van der Waals surface area contributed by atoms with E-state index in [-0.39, 0.29) is 11.8 Å². The highest BCUT2D eigenvalue weighted by molar-refractivity contribution is 6.30. The van der Waals surface area contributed by atoms with E-state index in [4.69, 9.17) is 11.6 Å². The van der Waals surface area contributed by atoms with Crippen molar-refractivity contribution in [2.45, 2.75) is 32.1 Å². The van der Waals surface area contributed by atoms with E-state index in [0.717, 1.165) is 37.9 Å². The summed E-state index contributed by atoms with van der Waals surface area (Å²) >= 11 is 5.92. The van der Waals surface area contributed by atoms with Crippen LogP contribution in [0.3, 0.4) is 0 Å². The summed E-state index contributed by atoms with van der Waals surface area (Å²) in [6.07, 6.45) is 2.83. The second kappa shape index (κ2) is 8.98. The molecule has 3 nitrogen and oxygen atoms in total. The number of hydrogen-bond acceptors (Lipinski definition) is 2. The monoisotopic (exact) mass is 296 g/mol. The Labute approximate surface area is 127 Å². The number of hydrogen-bond donors (Lipinski definition) is 1. The van der Waals surface area contributed by atoms with Gasteiger partial charge >= 0.3 is 0 Å². The molecule has 4 heteroatoms. The van der Waals surface area contributed by atoms with E-state index < -0.39 is 0 Å². The molecule has 1 rings (SSSR count). The Morgan fingerprint density at radius 3 is 2.55 bits per heavy atom. The molecule has 0 radical (unpaired) electrons. The van der Waals surface area contributed by atoms with E-state index in [9.17, 15) is 4.79 Å². The number of carbonyl (C=O) groups is 1. The zero-order chi connectivity index (χ0) is 15.0. The van der Waals surface area contributed by atoms with Crippen molar-refractivity contribution in [3.8, 4) is 0 Å². The second-order valence-electron chi connectivity index (χ2n) is 5.11. The summed E-state index contributed by atoms with van der Waals surface area (Å²) < 4.78 is 0. The minimum atomic E-state index is -0.0585. The van der Waals surface area contributed by atoms with E-state index >= 15 is 0 Å². The fourth-order valence-corrected chi connectivity index (χ4v) is 2.41. The van der Waals surface area contributed by atoms with Crippen molar-refractivity contribution in [1.82, 2.24) is 10.2 Å². The lowest BCUT2D eigenvalue weighted by atomic mass is 9.93. The summed E-state index contributed by atoms with van der Waals surface area (Å²) in [5.74, 6) is 0.141. The first-order chi connectivity index (χ1) is 9.60. The van der Waals surface area contributed by atoms with Gasteiger partial charge in [-0.1, -0.05) is 37.1 Å². The van der Waals surface area contributed by atoms with Crippen LogP contribution in [0.2, 0.25) is 5.02 Å². The molecule has 1 aromatic carbocycles. The molecule has 112 valence electrons. The first kappa shape index (κ1) is 17.0. The first-order valence-corrected chi connectivity index (χ1v) is 7.63. The molecule has 0 aromatic heterocycles. The normalized spacial score (nSPS) is 12.2. The number of nitrogens with zero attached hydrogens (tertiary/aromatic N) is 1. The predicted molar refractivity (Wildman–Crippen MR) is 85.3 cm³/mol. The maximum absolute atomic E-state index is 12.6. The molecule has 0 aliphatic carbocycles. The summed E-state index contributed by atoms with van der Waals surface area (Å²) in [7, 11) is 3.81. The van der Waals surface area contributed by atoms with Crippen LogP contribution in [0.15, 0.2) is 24.3 Å². The third-order valence-corrected chi connectivity index (χ3v) is 3.70. The highest BCUT2D eigenvalue weighted by atomic mass is 35.5. The molecule has 1 N–H and O–H groups in total. The third kappa shape index (κ3) is 5.14. The van der Waals surface area contributed by atoms with Crippen molar-refractivity contribution in [3.63, 3.8) is 0 Å². The molecule has 0 aliphatic rings. The molecule has 20 heavy (non-hydrogen) atoms. The van der Waals surface area contributed by atoms with Gasteiger partial charge in [0.2, 0.25) is 5.91 Å². The van der Waals surface area contributed by atoms with Gasteiger partial charge in [-0.3, -0.25) is 4.79 Å². The molecule has 0 bridgehead atoms. The van der Waals surface area contributed by atoms with E-state index in [1.54, 1.807) is 0 Å². The predicted octanol–water partition coefficient (Wildman–Crippen LogP) is 3.29. The van der Waals surface area contributed by atoms with Crippen LogP contribution in [0.25, 0.3) is 0 Å². The van der Waals surface area contributed by atoms with Crippen LogP contribution < -0.4 is 5.32 Å². The smallest absolute Gasteiger partial charge is 0.229 e. The fraction of sp³-hybridized carbons (Fsp3) is 0.562. The second-order valence-corrected chi connectivity index (χ2v) is 5.55. The standard InChI is InChI=1S/C16H25ClN2O/c1-4-6-15(13-7-9-14(17)10-8-13)16(20)19(3)12-5-11-18-2/h7-10,15,18H,4-6,11-12H2,1-3H3. The molecule has 1 amide bonds. The molecule has 0 saturated carbocycles. The minimum absolute atomic E-state index is 0.0585. The van der Waals surface area contributed by atoms with E-state index in [2.05, 4.69) is 12.2 Å². The molecule has 0 spiro atoms. The van der Waals surface area contributed by atoms with Crippen LogP contribution in [0.1, 0.15) is 37.7 Å². The van der Waals surface area contributed by atoms with Crippen molar-refractivity contribution >= 4 is 17.5 Å². The molecule has 1 atom stereocenters. The Kier molecular flexibility index (Phi) is 7.63. The largest absolute Gasteiger partial charge is 0.345 e. The van der Waals surface area contributed by atoms with Gasteiger partial charge in [0, 0.05) is 18.6 Å². The number of benzene rings is 1. The lowest BCUT2D eigenvalue weighted by molar-refractivity contribution is -0.131. The Morgan fingerprint density at radius 2 is 2.00 bits per heavy atom. The number of halogens is 1. The maximum atomic E-state index is 12.6. The minimum Gasteiger partial charge on any atom is -0.345 e. The molecule has 0 aliphatic heterocycles. The van der Waals surface area contributed by atoms with Gasteiger partial charge in [0.05, 0.1) is 5.92 Å². The Morgan fingerprint density at radius 1 is 1.35 bits per heavy atom. The van der Waals surface area contributed by atoms with Crippen LogP contribution in [0.5, 0.6) is 0 Å². The zero-order valence-corrected chi connectivity index (χ0v) is 13.4. The summed E-state index contributed by atoms with van der Waals surface area (Å²) in [6, 6.07) is 7.63. The zero-order valence-electron chi connectivity index (χ0n) is 12.7. The van der Waals surface area contributed by atoms with Gasteiger partial charge in [0.1, 0.15) is 0 Å². The number of amides is 1. The molecule has 0 heterocycles. The molecule has 1 unspecified atom stereocenters. The van der Waals surface area contributed by atoms with Crippen molar-refractivity contribution < 1.29 is 4.79 Å². The SMILES string of the molecule is CCCC(C(=O)N(C)CCCNC)c1ccc(Cl)cc1. The van der Waals surface area contributed by atoms with Crippen LogP contribution in [0, 0.1) is 0 Å². The number of nitrogens with one attached hydrogen (secondary N) is 1. The van der Waals surface area contributed by atoms with E-state index in [1.165, 1.54) is 0 Å². The van der Waals surface area contributed by atoms with Crippen LogP contribution in [-0.4, -0.2) is 38.0 Å². The molecule has 0 fully saturated rings. The molecular weight excluding hydrogens is 272 g/mol. The highest BCUT2D eigenvalue weighted by Gasteiger charge is 2.22. The lowest BCUT2D eigenvalue weighted by Gasteiger charge is -2.24. The molecular formula is C16H25ClN2O. The van der Waals surface area contributed by atoms with Gasteiger partial charge in [-0.15, -0.1) is 0 Å². The van der Waals surface area contributed by atoms with Crippen molar-refractivity contribution in [2.24, 2.45) is 0 Å². The lowest BCUT2D eigenvalue weighted by Crippen LogP contribution is -2.33. The Hall–Kier alpha value is -1.06. The van der Waals surface area contributed by atoms with Crippen molar-refractivity contribution in [2.75, 3.05) is 27.2 Å². The number of carbonyl (C=O) groups excluding carboxylic acids is 1. The van der Waals surface area contributed by atoms with E-state index in [0.29, 0.717) is 5.02 Å². The quantitative estimate of drug-likeness (QED) is 0.747. The molecule has 1 aromatic rings. The summed E-state index contributed by atoms with van der Waals surface area (Å²) in [5.41, 5.74) is 1.06. The topological polar surface area (TPSA) is 32.3 Å². The van der Waals surface area contributed by atoms with Crippen molar-refractivity contribution in [3.05, 3.63) is 34.9 Å². The average Bonchev–Trinajstić information content (AvgIpc) is 2.45. The van der Waals surface area contributed by atoms with Crippen LogP contribution in [-0.2, 0) is 4.79 Å². The highest BCUT2D eigenvalue weighted by Crippen LogP contribution is 2.25. The number of rotatable bonds is 8. The third-order valence-electron chi connectivity index (χ3n) is 3.44. The summed E-state index contributed by atoms with van der Waals surface area (Å²) in [4.78, 5) is 14.4. The van der Waals surface area contributed by atoms with Gasteiger partial charge in [-0.2, -0.15) is 0 Å². The van der Waals surface area contributed by atoms with Crippen molar-refractivity contribution in [1.29, 1.82) is 0 Å². The first-order valence-electron chi connectivity index (χ1n) is 7.25. The molecule has 0 saturated heterocycles. The van der Waals surface area contributed by atoms with Gasteiger partial charge in [0.15, 0.2) is 0 Å². The van der Waals surface area contributed by atoms with Crippen LogP contribution in [0.4, 0.5) is 0 Å². The summed E-state index contributed by atoms with van der Waals surface area (Å²) in [6.45, 7) is 3.82. The van der Waals surface area contributed by atoms with Gasteiger partial charge < -0.3 is 10.2 Å². The van der Waals surface area contributed by atoms with Gasteiger partial charge in [-0.25, -0.2) is 0 Å². The number of likely N-dealkylation sites (N-methyl/N-ethyl adjacent to an activating group) is 1. The Bertz CT molecular complexity index is 405. The average molecular weight is 297 g/mol. The maximum Gasteiger partial charge on any atom is 0.229 e. The fourth-order valence-electron chi connectivity index (χ4n) is 2.29. The van der Waals surface area contributed by atoms with Crippen LogP contribution >= 0.6 is 11.6 Å². The van der Waals surface area contributed by atoms with Gasteiger partial charge in [-0.05, 0) is 44.1 Å². The summed E-state index contributed by atoms with van der Waals surface area (Å²) in [5, 5.41) is 3.81. The Balaban J connectivity index is 2.74. The van der Waals surface area contributed by atoms with E-state index in [1.807, 2.05) is 43.3 Å².